The van der Waals surface area contributed by atoms with Crippen molar-refractivity contribution in [2.75, 3.05) is 11.5 Å². The van der Waals surface area contributed by atoms with Crippen molar-refractivity contribution in [3.05, 3.63) is 69.7 Å². The molecule has 0 aromatic heterocycles. The Bertz CT molecular complexity index is 960. The van der Waals surface area contributed by atoms with Crippen molar-refractivity contribution >= 4 is 31.7 Å². The summed E-state index contributed by atoms with van der Waals surface area (Å²) in [6.45, 7) is 0.506. The van der Waals surface area contributed by atoms with Gasteiger partial charge in [0.05, 0.1) is 17.1 Å². The topological polar surface area (TPSA) is 63.7 Å². The first-order valence-electron chi connectivity index (χ1n) is 8.43. The van der Waals surface area contributed by atoms with Crippen LogP contribution in [0.4, 0.5) is 0 Å². The van der Waals surface area contributed by atoms with Gasteiger partial charge in [-0.2, -0.15) is 0 Å². The van der Waals surface area contributed by atoms with Crippen molar-refractivity contribution < 1.29 is 17.9 Å². The number of carbonyl (C=O) groups excluding carboxylic acids is 1. The summed E-state index contributed by atoms with van der Waals surface area (Å²) < 4.78 is 30.7. The Morgan fingerprint density at radius 1 is 1.15 bits per heavy atom. The Balaban J connectivity index is 1.70. The number of esters is 1. The van der Waals surface area contributed by atoms with Crippen LogP contribution in [0.3, 0.4) is 0 Å². The maximum atomic E-state index is 12.3. The number of cyclic esters (lactones) is 1. The molecular weight excluding hydrogens is 418 g/mol. The van der Waals surface area contributed by atoms with Crippen molar-refractivity contribution in [3.63, 3.8) is 0 Å². The van der Waals surface area contributed by atoms with E-state index in [2.05, 4.69) is 15.9 Å². The molecule has 2 aromatic rings. The fourth-order valence-corrected chi connectivity index (χ4v) is 5.85. The lowest BCUT2D eigenvalue weighted by Crippen LogP contribution is -2.39. The molecule has 0 N–H and O–H groups in total. The average Bonchev–Trinajstić information content (AvgIpc) is 3.13. The molecule has 1 fully saturated rings. The van der Waals surface area contributed by atoms with E-state index in [1.807, 2.05) is 41.3 Å². The number of benzene rings is 2. The third-order valence-corrected chi connectivity index (χ3v) is 7.14. The number of ether oxygens (including phenoxy) is 1. The third-order valence-electron chi connectivity index (χ3n) is 4.90. The zero-order chi connectivity index (χ0) is 18.3. The number of halogens is 1. The van der Waals surface area contributed by atoms with E-state index in [0.717, 1.165) is 15.6 Å². The van der Waals surface area contributed by atoms with Crippen LogP contribution in [0.2, 0.25) is 0 Å². The Hall–Kier alpha value is -1.70. The lowest BCUT2D eigenvalue weighted by molar-refractivity contribution is -0.0424. The highest BCUT2D eigenvalue weighted by Gasteiger charge is 2.41. The maximum Gasteiger partial charge on any atom is 0.340 e. The fraction of sp³-hybridized carbons (Fsp3) is 0.316. The van der Waals surface area contributed by atoms with Crippen LogP contribution in [0.15, 0.2) is 53.0 Å². The summed E-state index contributed by atoms with van der Waals surface area (Å²) in [4.78, 5) is 14.3. The first-order chi connectivity index (χ1) is 12.4. The normalized spacial score (nSPS) is 23.8. The van der Waals surface area contributed by atoms with Crippen molar-refractivity contribution in [3.8, 4) is 0 Å². The maximum absolute atomic E-state index is 12.3. The van der Waals surface area contributed by atoms with Crippen LogP contribution in [0, 0.1) is 0 Å². The van der Waals surface area contributed by atoms with E-state index in [1.54, 1.807) is 12.1 Å². The molecule has 4 rings (SSSR count). The standard InChI is InChI=1S/C19H18BrNO4S/c20-14-5-3-4-13(10-14)11-21(15-8-9-26(23,24)12-15)18-16-6-1-2-7-17(16)19(22)25-18/h1-7,10,15,18H,8-9,11-12H2. The minimum absolute atomic E-state index is 0.0945. The molecular formula is C19H18BrNO4S. The van der Waals surface area contributed by atoms with Gasteiger partial charge in [0.1, 0.15) is 0 Å². The Morgan fingerprint density at radius 2 is 1.96 bits per heavy atom. The molecule has 136 valence electrons. The van der Waals surface area contributed by atoms with Crippen molar-refractivity contribution in [1.82, 2.24) is 4.90 Å². The van der Waals surface area contributed by atoms with Gasteiger partial charge >= 0.3 is 5.97 Å². The zero-order valence-electron chi connectivity index (χ0n) is 14.0. The number of sulfone groups is 1. The van der Waals surface area contributed by atoms with Gasteiger partial charge < -0.3 is 4.74 Å². The summed E-state index contributed by atoms with van der Waals surface area (Å²) in [5, 5.41) is 0. The molecule has 2 unspecified atom stereocenters. The molecule has 0 saturated carbocycles. The van der Waals surface area contributed by atoms with Crippen LogP contribution >= 0.6 is 15.9 Å². The van der Waals surface area contributed by atoms with E-state index in [0.29, 0.717) is 18.5 Å². The van der Waals surface area contributed by atoms with Crippen LogP contribution in [0.25, 0.3) is 0 Å². The van der Waals surface area contributed by atoms with Gasteiger partial charge in [0.15, 0.2) is 16.1 Å². The predicted octanol–water partition coefficient (Wildman–Crippen LogP) is 3.31. The second-order valence-electron chi connectivity index (χ2n) is 6.70. The molecule has 0 amide bonds. The van der Waals surface area contributed by atoms with Gasteiger partial charge in [-0.3, -0.25) is 4.90 Å². The number of rotatable bonds is 4. The molecule has 0 bridgehead atoms. The van der Waals surface area contributed by atoms with E-state index in [4.69, 9.17) is 4.74 Å². The summed E-state index contributed by atoms with van der Waals surface area (Å²) in [5.74, 6) is -0.0858. The van der Waals surface area contributed by atoms with Crippen LogP contribution in [0.5, 0.6) is 0 Å². The van der Waals surface area contributed by atoms with E-state index < -0.39 is 16.1 Å². The van der Waals surface area contributed by atoms with E-state index in [9.17, 15) is 13.2 Å². The van der Waals surface area contributed by atoms with Crippen LogP contribution in [-0.4, -0.2) is 36.8 Å². The highest BCUT2D eigenvalue weighted by Crippen LogP contribution is 2.37. The molecule has 5 nitrogen and oxygen atoms in total. The third kappa shape index (κ3) is 3.43. The molecule has 2 heterocycles. The van der Waals surface area contributed by atoms with Gasteiger partial charge in [-0.25, -0.2) is 13.2 Å². The Labute approximate surface area is 161 Å². The summed E-state index contributed by atoms with van der Waals surface area (Å²) >= 11 is 3.47. The summed E-state index contributed by atoms with van der Waals surface area (Å²) in [5.41, 5.74) is 2.39. The molecule has 2 aromatic carbocycles. The summed E-state index contributed by atoms with van der Waals surface area (Å²) in [6, 6.07) is 15.0. The van der Waals surface area contributed by atoms with Crippen molar-refractivity contribution in [1.29, 1.82) is 0 Å². The smallest absolute Gasteiger partial charge is 0.340 e. The Kier molecular flexibility index (Phi) is 4.62. The van der Waals surface area contributed by atoms with Crippen LogP contribution in [0.1, 0.15) is 34.1 Å². The second-order valence-corrected chi connectivity index (χ2v) is 9.85. The summed E-state index contributed by atoms with van der Waals surface area (Å²) in [7, 11) is -3.05. The van der Waals surface area contributed by atoms with Gasteiger partial charge in [-0.05, 0) is 30.2 Å². The predicted molar refractivity (Wildman–Crippen MR) is 101 cm³/mol. The van der Waals surface area contributed by atoms with E-state index in [-0.39, 0.29) is 23.5 Å². The molecule has 7 heteroatoms. The van der Waals surface area contributed by atoms with Gasteiger partial charge in [0, 0.05) is 22.6 Å². The zero-order valence-corrected chi connectivity index (χ0v) is 16.4. The van der Waals surface area contributed by atoms with Gasteiger partial charge in [0.2, 0.25) is 0 Å². The fourth-order valence-electron chi connectivity index (χ4n) is 3.66. The first kappa shape index (κ1) is 17.7. The monoisotopic (exact) mass is 435 g/mol. The quantitative estimate of drug-likeness (QED) is 0.689. The van der Waals surface area contributed by atoms with Gasteiger partial charge in [0.25, 0.3) is 0 Å². The highest BCUT2D eigenvalue weighted by atomic mass is 79.9. The lowest BCUT2D eigenvalue weighted by Gasteiger charge is -2.33. The molecule has 1 saturated heterocycles. The molecule has 2 aliphatic heterocycles. The highest BCUT2D eigenvalue weighted by molar-refractivity contribution is 9.10. The minimum atomic E-state index is -3.05. The number of hydrogen-bond acceptors (Lipinski definition) is 5. The van der Waals surface area contributed by atoms with Crippen LogP contribution < -0.4 is 0 Å². The molecule has 0 aliphatic carbocycles. The van der Waals surface area contributed by atoms with Gasteiger partial charge in [-0.1, -0.05) is 46.3 Å². The first-order valence-corrected chi connectivity index (χ1v) is 11.0. The van der Waals surface area contributed by atoms with E-state index >= 15 is 0 Å². The van der Waals surface area contributed by atoms with Crippen LogP contribution in [-0.2, 0) is 21.1 Å². The van der Waals surface area contributed by atoms with E-state index in [1.165, 1.54) is 0 Å². The Morgan fingerprint density at radius 3 is 2.69 bits per heavy atom. The minimum Gasteiger partial charge on any atom is -0.438 e. The molecule has 2 atom stereocenters. The number of carbonyl (C=O) groups is 1. The summed E-state index contributed by atoms with van der Waals surface area (Å²) in [6.07, 6.45) is -0.0111. The number of hydrogen-bond donors (Lipinski definition) is 0. The molecule has 2 aliphatic rings. The van der Waals surface area contributed by atoms with Crippen molar-refractivity contribution in [2.24, 2.45) is 0 Å². The van der Waals surface area contributed by atoms with Gasteiger partial charge in [-0.15, -0.1) is 0 Å². The lowest BCUT2D eigenvalue weighted by atomic mass is 10.1. The largest absolute Gasteiger partial charge is 0.438 e. The second kappa shape index (κ2) is 6.79. The molecule has 0 spiro atoms. The number of fused-ring (bicyclic) bond motifs is 1. The number of nitrogens with zero attached hydrogens (tertiary/aromatic N) is 1. The van der Waals surface area contributed by atoms with Crippen molar-refractivity contribution in [2.45, 2.75) is 25.2 Å². The SMILES string of the molecule is O=C1OC(N(Cc2cccc(Br)c2)C2CCS(=O)(=O)C2)c2ccccc21. The molecule has 0 radical (unpaired) electrons. The molecule has 26 heavy (non-hydrogen) atoms. The average molecular weight is 436 g/mol.